The largest absolute Gasteiger partial charge is 0.378 e. The summed E-state index contributed by atoms with van der Waals surface area (Å²) in [6.07, 6.45) is 2.80. The summed E-state index contributed by atoms with van der Waals surface area (Å²) >= 11 is 6.29. The van der Waals surface area contributed by atoms with E-state index in [4.69, 9.17) is 16.3 Å². The van der Waals surface area contributed by atoms with Gasteiger partial charge < -0.3 is 15.0 Å². The van der Waals surface area contributed by atoms with Gasteiger partial charge in [0.2, 0.25) is 0 Å². The van der Waals surface area contributed by atoms with Crippen molar-refractivity contribution in [1.29, 1.82) is 0 Å². The Morgan fingerprint density at radius 3 is 2.87 bits per heavy atom. The number of aromatic nitrogens is 3. The quantitative estimate of drug-likeness (QED) is 0.551. The van der Waals surface area contributed by atoms with E-state index in [1.165, 1.54) is 0 Å². The molecule has 0 unspecified atom stereocenters. The number of azo groups is 1. The van der Waals surface area contributed by atoms with Crippen molar-refractivity contribution in [3.05, 3.63) is 64.8 Å². The highest BCUT2D eigenvalue weighted by Gasteiger charge is 2.17. The Bertz CT molecular complexity index is 1070. The molecule has 4 rings (SSSR count). The maximum Gasteiger partial charge on any atom is 0.270 e. The van der Waals surface area contributed by atoms with Gasteiger partial charge in [-0.15, -0.1) is 5.11 Å². The molecule has 31 heavy (non-hydrogen) atoms. The standard InChI is InChI=1S/C21H21ClFN7O/c1-14-3-2-4-17(22)19(14)27-15-5-6-24-16(11-15)12-26-29-21-25-13-18(23)20(28-21)30-7-9-31-10-8-30/h2-6,11,13H,7-10,12H2,1H3,(H,24,27). The van der Waals surface area contributed by atoms with Gasteiger partial charge in [-0.3, -0.25) is 4.98 Å². The van der Waals surface area contributed by atoms with Crippen LogP contribution in [0.4, 0.5) is 27.5 Å². The first kappa shape index (κ1) is 21.1. The fourth-order valence-corrected chi connectivity index (χ4v) is 3.41. The number of halogens is 2. The molecule has 0 aliphatic carbocycles. The smallest absolute Gasteiger partial charge is 0.270 e. The van der Waals surface area contributed by atoms with Crippen molar-refractivity contribution >= 4 is 34.7 Å². The molecule has 1 aliphatic rings. The number of nitrogens with one attached hydrogen (secondary N) is 1. The van der Waals surface area contributed by atoms with Crippen LogP contribution in [0.5, 0.6) is 0 Å². The van der Waals surface area contributed by atoms with Gasteiger partial charge in [0.15, 0.2) is 11.6 Å². The van der Waals surface area contributed by atoms with E-state index in [-0.39, 0.29) is 18.3 Å². The molecule has 1 N–H and O–H groups in total. The molecule has 0 radical (unpaired) electrons. The minimum atomic E-state index is -0.490. The normalized spacial score (nSPS) is 14.2. The van der Waals surface area contributed by atoms with Crippen LogP contribution in [0.3, 0.4) is 0 Å². The molecule has 0 spiro atoms. The molecule has 0 bridgehead atoms. The first-order valence-electron chi connectivity index (χ1n) is 9.80. The van der Waals surface area contributed by atoms with Crippen LogP contribution < -0.4 is 10.2 Å². The van der Waals surface area contributed by atoms with Crippen LogP contribution in [0.1, 0.15) is 11.3 Å². The van der Waals surface area contributed by atoms with Crippen molar-refractivity contribution in [2.45, 2.75) is 13.5 Å². The molecule has 8 nitrogen and oxygen atoms in total. The lowest BCUT2D eigenvalue weighted by atomic mass is 10.2. The third-order valence-corrected chi connectivity index (χ3v) is 5.04. The van der Waals surface area contributed by atoms with Crippen molar-refractivity contribution in [3.63, 3.8) is 0 Å². The minimum Gasteiger partial charge on any atom is -0.378 e. The Morgan fingerprint density at radius 2 is 2.06 bits per heavy atom. The third-order valence-electron chi connectivity index (χ3n) is 4.72. The van der Waals surface area contributed by atoms with Crippen LogP contribution in [0.15, 0.2) is 53.0 Å². The van der Waals surface area contributed by atoms with E-state index in [9.17, 15) is 4.39 Å². The summed E-state index contributed by atoms with van der Waals surface area (Å²) in [5.74, 6) is -0.174. The highest BCUT2D eigenvalue weighted by molar-refractivity contribution is 6.33. The van der Waals surface area contributed by atoms with E-state index >= 15 is 0 Å². The first-order chi connectivity index (χ1) is 15.1. The summed E-state index contributed by atoms with van der Waals surface area (Å²) in [7, 11) is 0. The van der Waals surface area contributed by atoms with E-state index in [0.717, 1.165) is 23.1 Å². The van der Waals surface area contributed by atoms with Gasteiger partial charge in [0.1, 0.15) is 6.54 Å². The average molecular weight is 442 g/mol. The predicted octanol–water partition coefficient (Wildman–Crippen LogP) is 4.84. The van der Waals surface area contributed by atoms with Gasteiger partial charge in [-0.2, -0.15) is 10.1 Å². The Labute approximate surface area is 184 Å². The van der Waals surface area contributed by atoms with Crippen molar-refractivity contribution < 1.29 is 9.13 Å². The highest BCUT2D eigenvalue weighted by Crippen LogP contribution is 2.28. The summed E-state index contributed by atoms with van der Waals surface area (Å²) in [4.78, 5) is 14.2. The Morgan fingerprint density at radius 1 is 1.23 bits per heavy atom. The maximum absolute atomic E-state index is 14.1. The number of anilines is 3. The molecule has 1 fully saturated rings. The number of ether oxygens (including phenoxy) is 1. The van der Waals surface area contributed by atoms with Crippen LogP contribution in [0.25, 0.3) is 0 Å². The second kappa shape index (κ2) is 9.76. The van der Waals surface area contributed by atoms with Crippen molar-refractivity contribution in [1.82, 2.24) is 15.0 Å². The maximum atomic E-state index is 14.1. The fraction of sp³-hybridized carbons (Fsp3) is 0.286. The molecular formula is C21H21ClFN7O. The van der Waals surface area contributed by atoms with E-state index in [1.807, 2.05) is 42.2 Å². The lowest BCUT2D eigenvalue weighted by molar-refractivity contribution is 0.122. The zero-order valence-electron chi connectivity index (χ0n) is 16.9. The zero-order chi connectivity index (χ0) is 21.6. The molecule has 10 heteroatoms. The molecule has 2 aromatic heterocycles. The van der Waals surface area contributed by atoms with Crippen LogP contribution in [-0.4, -0.2) is 41.3 Å². The lowest BCUT2D eigenvalue weighted by Gasteiger charge is -2.27. The summed E-state index contributed by atoms with van der Waals surface area (Å²) < 4.78 is 19.4. The molecule has 1 saturated heterocycles. The SMILES string of the molecule is Cc1cccc(Cl)c1Nc1ccnc(CN=Nc2ncc(F)c(N3CCOCC3)n2)c1. The Balaban J connectivity index is 1.44. The Hall–Kier alpha value is -3.17. The summed E-state index contributed by atoms with van der Waals surface area (Å²) in [6.45, 7) is 4.41. The number of hydrogen-bond donors (Lipinski definition) is 1. The first-order valence-corrected chi connectivity index (χ1v) is 10.2. The van der Waals surface area contributed by atoms with Gasteiger partial charge >= 0.3 is 0 Å². The molecule has 3 aromatic rings. The van der Waals surface area contributed by atoms with Gasteiger partial charge in [0.05, 0.1) is 35.8 Å². The zero-order valence-corrected chi connectivity index (χ0v) is 17.7. The number of nitrogens with zero attached hydrogens (tertiary/aromatic N) is 6. The minimum absolute atomic E-state index is 0.101. The number of pyridine rings is 1. The van der Waals surface area contributed by atoms with Gasteiger partial charge in [-0.05, 0) is 30.7 Å². The number of hydrogen-bond acceptors (Lipinski definition) is 8. The molecule has 0 saturated carbocycles. The lowest BCUT2D eigenvalue weighted by Crippen LogP contribution is -2.37. The number of aryl methyl sites for hydroxylation is 1. The van der Waals surface area contributed by atoms with E-state index in [2.05, 4.69) is 30.5 Å². The van der Waals surface area contributed by atoms with Crippen molar-refractivity contribution in [2.75, 3.05) is 36.5 Å². The molecule has 1 aliphatic heterocycles. The average Bonchev–Trinajstić information content (AvgIpc) is 2.78. The number of morpholine rings is 1. The van der Waals surface area contributed by atoms with Crippen LogP contribution in [-0.2, 0) is 11.3 Å². The Kier molecular flexibility index (Phi) is 6.63. The molecule has 0 atom stereocenters. The van der Waals surface area contributed by atoms with Crippen LogP contribution in [0.2, 0.25) is 5.02 Å². The molecule has 0 amide bonds. The van der Waals surface area contributed by atoms with Crippen LogP contribution in [0, 0.1) is 12.7 Å². The molecule has 1 aromatic carbocycles. The van der Waals surface area contributed by atoms with Gasteiger partial charge in [0, 0.05) is 25.0 Å². The summed E-state index contributed by atoms with van der Waals surface area (Å²) in [5, 5.41) is 12.1. The monoisotopic (exact) mass is 441 g/mol. The summed E-state index contributed by atoms with van der Waals surface area (Å²) in [6, 6.07) is 9.44. The van der Waals surface area contributed by atoms with Gasteiger partial charge in [-0.1, -0.05) is 23.7 Å². The highest BCUT2D eigenvalue weighted by atomic mass is 35.5. The van der Waals surface area contributed by atoms with Gasteiger partial charge in [0.25, 0.3) is 5.95 Å². The third kappa shape index (κ3) is 5.31. The van der Waals surface area contributed by atoms with E-state index in [1.54, 1.807) is 6.20 Å². The second-order valence-corrected chi connectivity index (χ2v) is 7.34. The molecule has 3 heterocycles. The van der Waals surface area contributed by atoms with Gasteiger partial charge in [-0.25, -0.2) is 9.37 Å². The molecule has 160 valence electrons. The predicted molar refractivity (Wildman–Crippen MR) is 117 cm³/mol. The fourth-order valence-electron chi connectivity index (χ4n) is 3.14. The van der Waals surface area contributed by atoms with Crippen molar-refractivity contribution in [2.24, 2.45) is 10.2 Å². The topological polar surface area (TPSA) is 87.9 Å². The number of para-hydroxylation sites is 1. The number of benzene rings is 1. The number of rotatable bonds is 6. The van der Waals surface area contributed by atoms with Crippen LogP contribution >= 0.6 is 11.6 Å². The summed E-state index contributed by atoms with van der Waals surface area (Å²) in [5.41, 5.74) is 3.42. The second-order valence-electron chi connectivity index (χ2n) is 6.93. The van der Waals surface area contributed by atoms with Crippen molar-refractivity contribution in [3.8, 4) is 0 Å². The molecular weight excluding hydrogens is 421 g/mol. The van der Waals surface area contributed by atoms with E-state index in [0.29, 0.717) is 37.0 Å². The van der Waals surface area contributed by atoms with E-state index < -0.39 is 5.82 Å².